The van der Waals surface area contributed by atoms with Crippen LogP contribution in [0.3, 0.4) is 0 Å². The first-order valence-electron chi connectivity index (χ1n) is 6.31. The first-order valence-corrected chi connectivity index (χ1v) is 8.09. The lowest BCUT2D eigenvalue weighted by molar-refractivity contribution is 0.412. The Labute approximate surface area is 137 Å². The average Bonchev–Trinajstić information content (AvgIpc) is 2.48. The molecule has 2 rings (SSSR count). The van der Waals surface area contributed by atoms with Crippen LogP contribution >= 0.6 is 35.6 Å². The Balaban J connectivity index is 2.64. The monoisotopic (exact) mass is 339 g/mol. The maximum absolute atomic E-state index is 12.7. The molecular formula is C15H14ClNO2S2. The number of thioether (sulfide) groups is 1. The van der Waals surface area contributed by atoms with Gasteiger partial charge >= 0.3 is 0 Å². The summed E-state index contributed by atoms with van der Waals surface area (Å²) in [5.74, 6) is 1.40. The number of nitrogens with zero attached hydrogens (tertiary/aromatic N) is 1. The highest BCUT2D eigenvalue weighted by Gasteiger charge is 2.16. The van der Waals surface area contributed by atoms with Crippen molar-refractivity contribution in [2.75, 3.05) is 12.9 Å². The first kappa shape index (κ1) is 16.1. The minimum atomic E-state index is -0.238. The van der Waals surface area contributed by atoms with Gasteiger partial charge in [0.1, 0.15) is 5.75 Å². The molecule has 110 valence electrons. The SMILES string of the molecule is CCSC(=S)c1c(Cl)ccn(-c2ccccc2OC)c1=O. The van der Waals surface area contributed by atoms with E-state index in [-0.39, 0.29) is 5.56 Å². The Kier molecular flexibility index (Phi) is 5.45. The van der Waals surface area contributed by atoms with E-state index in [0.29, 0.717) is 26.2 Å². The normalized spacial score (nSPS) is 10.4. The van der Waals surface area contributed by atoms with Crippen molar-refractivity contribution in [3.63, 3.8) is 0 Å². The summed E-state index contributed by atoms with van der Waals surface area (Å²) in [6, 6.07) is 8.98. The van der Waals surface area contributed by atoms with E-state index in [0.717, 1.165) is 5.75 Å². The number of hydrogen-bond donors (Lipinski definition) is 0. The third-order valence-corrected chi connectivity index (χ3v) is 4.49. The Morgan fingerprint density at radius 1 is 1.38 bits per heavy atom. The quantitative estimate of drug-likeness (QED) is 0.790. The largest absolute Gasteiger partial charge is 0.495 e. The van der Waals surface area contributed by atoms with E-state index in [1.165, 1.54) is 16.3 Å². The standard InChI is InChI=1S/C15H14ClNO2S2/c1-3-21-15(20)13-10(16)8-9-17(14(13)18)11-6-4-5-7-12(11)19-2/h4-9H,3H2,1-2H3. The van der Waals surface area contributed by atoms with Gasteiger partial charge in [0.05, 0.1) is 27.6 Å². The molecule has 21 heavy (non-hydrogen) atoms. The summed E-state index contributed by atoms with van der Waals surface area (Å²) in [6.07, 6.45) is 1.63. The second-order valence-electron chi connectivity index (χ2n) is 4.11. The fourth-order valence-corrected chi connectivity index (χ4v) is 3.42. The molecule has 0 fully saturated rings. The molecule has 0 aliphatic carbocycles. The van der Waals surface area contributed by atoms with Gasteiger partial charge in [-0.25, -0.2) is 0 Å². The maximum atomic E-state index is 12.7. The molecule has 0 saturated carbocycles. The van der Waals surface area contributed by atoms with E-state index in [1.54, 1.807) is 25.4 Å². The molecule has 0 atom stereocenters. The van der Waals surface area contributed by atoms with Crippen molar-refractivity contribution in [1.29, 1.82) is 0 Å². The van der Waals surface area contributed by atoms with Crippen molar-refractivity contribution in [2.45, 2.75) is 6.92 Å². The van der Waals surface area contributed by atoms with Crippen LogP contribution in [0.5, 0.6) is 5.75 Å². The summed E-state index contributed by atoms with van der Waals surface area (Å²) >= 11 is 12.9. The van der Waals surface area contributed by atoms with Gasteiger partial charge in [0.15, 0.2) is 0 Å². The minimum absolute atomic E-state index is 0.238. The molecule has 0 N–H and O–H groups in total. The van der Waals surface area contributed by atoms with E-state index < -0.39 is 0 Å². The van der Waals surface area contributed by atoms with Crippen LogP contribution in [0.2, 0.25) is 5.02 Å². The topological polar surface area (TPSA) is 31.2 Å². The van der Waals surface area contributed by atoms with Gasteiger partial charge in [-0.15, -0.1) is 11.8 Å². The van der Waals surface area contributed by atoms with E-state index >= 15 is 0 Å². The zero-order valence-corrected chi connectivity index (χ0v) is 14.0. The molecule has 1 aromatic heterocycles. The van der Waals surface area contributed by atoms with Gasteiger partial charge in [0.25, 0.3) is 5.56 Å². The van der Waals surface area contributed by atoms with E-state index in [9.17, 15) is 4.79 Å². The van der Waals surface area contributed by atoms with Crippen molar-refractivity contribution < 1.29 is 4.74 Å². The fraction of sp³-hybridized carbons (Fsp3) is 0.200. The van der Waals surface area contributed by atoms with Crippen LogP contribution in [-0.2, 0) is 0 Å². The van der Waals surface area contributed by atoms with Crippen LogP contribution in [0.1, 0.15) is 12.5 Å². The van der Waals surface area contributed by atoms with Crippen molar-refractivity contribution in [3.05, 3.63) is 57.5 Å². The number of methoxy groups -OCH3 is 1. The predicted octanol–water partition coefficient (Wildman–Crippen LogP) is 3.93. The third kappa shape index (κ3) is 3.31. The number of thiocarbonyl (C=S) groups is 1. The van der Waals surface area contributed by atoms with Crippen LogP contribution < -0.4 is 10.3 Å². The molecule has 0 aliphatic rings. The van der Waals surface area contributed by atoms with Gasteiger partial charge in [0.2, 0.25) is 0 Å². The molecule has 0 unspecified atom stereocenters. The summed E-state index contributed by atoms with van der Waals surface area (Å²) in [5, 5.41) is 0.372. The fourth-order valence-electron chi connectivity index (χ4n) is 1.92. The Hall–Kier alpha value is -1.30. The lowest BCUT2D eigenvalue weighted by atomic mass is 10.2. The number of pyridine rings is 1. The number of para-hydroxylation sites is 2. The summed E-state index contributed by atoms with van der Waals surface area (Å²) in [6.45, 7) is 1.98. The van der Waals surface area contributed by atoms with E-state index in [2.05, 4.69) is 0 Å². The predicted molar refractivity (Wildman–Crippen MR) is 93.4 cm³/mol. The van der Waals surface area contributed by atoms with E-state index in [4.69, 9.17) is 28.6 Å². The molecule has 1 heterocycles. The van der Waals surface area contributed by atoms with Crippen molar-refractivity contribution in [3.8, 4) is 11.4 Å². The smallest absolute Gasteiger partial charge is 0.265 e. The van der Waals surface area contributed by atoms with Gasteiger partial charge in [0, 0.05) is 6.20 Å². The second-order valence-corrected chi connectivity index (χ2v) is 6.45. The number of ether oxygens (including phenoxy) is 1. The highest BCUT2D eigenvalue weighted by molar-refractivity contribution is 8.23. The maximum Gasteiger partial charge on any atom is 0.265 e. The minimum Gasteiger partial charge on any atom is -0.495 e. The Morgan fingerprint density at radius 2 is 2.10 bits per heavy atom. The highest BCUT2D eigenvalue weighted by Crippen LogP contribution is 2.24. The molecule has 0 bridgehead atoms. The molecule has 6 heteroatoms. The number of halogens is 1. The molecule has 0 amide bonds. The van der Waals surface area contributed by atoms with Crippen LogP contribution in [0.25, 0.3) is 5.69 Å². The van der Waals surface area contributed by atoms with Gasteiger partial charge in [-0.2, -0.15) is 0 Å². The zero-order valence-electron chi connectivity index (χ0n) is 11.6. The van der Waals surface area contributed by atoms with Crippen LogP contribution in [0, 0.1) is 0 Å². The van der Waals surface area contributed by atoms with Gasteiger partial charge in [-0.05, 0) is 24.0 Å². The molecule has 1 aromatic carbocycles. The summed E-state index contributed by atoms with van der Waals surface area (Å²) < 4.78 is 7.32. The molecule has 3 nitrogen and oxygen atoms in total. The summed E-state index contributed by atoms with van der Waals surface area (Å²) in [4.78, 5) is 12.7. The van der Waals surface area contributed by atoms with Gasteiger partial charge in [-0.3, -0.25) is 9.36 Å². The molecular weight excluding hydrogens is 326 g/mol. The van der Waals surface area contributed by atoms with Crippen molar-refractivity contribution >= 4 is 39.8 Å². The molecule has 0 saturated heterocycles. The molecule has 0 aliphatic heterocycles. The first-order chi connectivity index (χ1) is 10.1. The van der Waals surface area contributed by atoms with Crippen molar-refractivity contribution in [1.82, 2.24) is 4.57 Å². The summed E-state index contributed by atoms with van der Waals surface area (Å²) in [5.41, 5.74) is 0.789. The Bertz CT molecular complexity index is 728. The number of rotatable bonds is 4. The molecule has 0 radical (unpaired) electrons. The number of aromatic nitrogens is 1. The van der Waals surface area contributed by atoms with E-state index in [1.807, 2.05) is 25.1 Å². The van der Waals surface area contributed by atoms with Crippen LogP contribution in [0.15, 0.2) is 41.3 Å². The third-order valence-electron chi connectivity index (χ3n) is 2.87. The Morgan fingerprint density at radius 3 is 2.76 bits per heavy atom. The summed E-state index contributed by atoms with van der Waals surface area (Å²) in [7, 11) is 1.57. The van der Waals surface area contributed by atoms with Crippen molar-refractivity contribution in [2.24, 2.45) is 0 Å². The molecule has 2 aromatic rings. The second kappa shape index (κ2) is 7.11. The van der Waals surface area contributed by atoms with Gasteiger partial charge < -0.3 is 4.74 Å². The molecule has 0 spiro atoms. The highest BCUT2D eigenvalue weighted by atomic mass is 35.5. The zero-order chi connectivity index (χ0) is 15.4. The van der Waals surface area contributed by atoms with Crippen LogP contribution in [-0.4, -0.2) is 21.6 Å². The van der Waals surface area contributed by atoms with Gasteiger partial charge in [-0.1, -0.05) is 42.9 Å². The lowest BCUT2D eigenvalue weighted by Gasteiger charge is -2.13. The lowest BCUT2D eigenvalue weighted by Crippen LogP contribution is -2.24. The number of hydrogen-bond acceptors (Lipinski definition) is 4. The average molecular weight is 340 g/mol. The van der Waals surface area contributed by atoms with Crippen LogP contribution in [0.4, 0.5) is 0 Å². The number of benzene rings is 1.